The van der Waals surface area contributed by atoms with Crippen molar-refractivity contribution >= 4 is 28.8 Å². The number of halogens is 1. The molecule has 0 saturated carbocycles. The van der Waals surface area contributed by atoms with Crippen molar-refractivity contribution < 1.29 is 4.79 Å². The van der Waals surface area contributed by atoms with Gasteiger partial charge in [-0.3, -0.25) is 4.79 Å². The third-order valence-corrected chi connectivity index (χ3v) is 4.05. The van der Waals surface area contributed by atoms with E-state index in [-0.39, 0.29) is 0 Å². The molecule has 1 heterocycles. The molecule has 3 heteroatoms. The van der Waals surface area contributed by atoms with E-state index in [4.69, 9.17) is 11.6 Å². The van der Waals surface area contributed by atoms with Crippen LogP contribution in [0.5, 0.6) is 0 Å². The molecule has 0 radical (unpaired) electrons. The summed E-state index contributed by atoms with van der Waals surface area (Å²) in [7, 11) is 0. The molecular weight excluding hydrogens is 270 g/mol. The second-order valence-electron chi connectivity index (χ2n) is 4.81. The third-order valence-electron chi connectivity index (χ3n) is 3.68. The minimum atomic E-state index is 0.667. The fourth-order valence-electron chi connectivity index (χ4n) is 2.61. The Hall–Kier alpha value is -2.06. The Bertz CT molecular complexity index is 789. The Morgan fingerprint density at radius 2 is 1.80 bits per heavy atom. The standard InChI is InChI=1S/C17H14ClNO/c1-12-15(11-20)14-7-3-5-9-17(14)19(12)10-13-6-2-4-8-16(13)18/h2-9,11H,10H2,1H3. The predicted molar refractivity (Wildman–Crippen MR) is 82.6 cm³/mol. The first-order valence-electron chi connectivity index (χ1n) is 6.49. The van der Waals surface area contributed by atoms with Crippen LogP contribution in [0.15, 0.2) is 48.5 Å². The largest absolute Gasteiger partial charge is 0.340 e. The molecule has 0 N–H and O–H groups in total. The highest BCUT2D eigenvalue weighted by Crippen LogP contribution is 2.26. The summed E-state index contributed by atoms with van der Waals surface area (Å²) in [6, 6.07) is 15.7. The average molecular weight is 284 g/mol. The number of fused-ring (bicyclic) bond motifs is 1. The fraction of sp³-hybridized carbons (Fsp3) is 0.118. The molecule has 3 rings (SSSR count). The summed E-state index contributed by atoms with van der Waals surface area (Å²) in [5.41, 5.74) is 3.84. The van der Waals surface area contributed by atoms with E-state index in [1.165, 1.54) is 0 Å². The number of rotatable bonds is 3. The summed E-state index contributed by atoms with van der Waals surface area (Å²) in [6.45, 7) is 2.64. The quantitative estimate of drug-likeness (QED) is 0.650. The highest BCUT2D eigenvalue weighted by Gasteiger charge is 2.13. The van der Waals surface area contributed by atoms with Gasteiger partial charge >= 0.3 is 0 Å². The second kappa shape index (κ2) is 5.14. The van der Waals surface area contributed by atoms with Crippen LogP contribution in [0, 0.1) is 6.92 Å². The summed E-state index contributed by atoms with van der Waals surface area (Å²) in [5.74, 6) is 0. The summed E-state index contributed by atoms with van der Waals surface area (Å²) in [5, 5.41) is 1.74. The molecule has 0 atom stereocenters. The maximum absolute atomic E-state index is 11.3. The van der Waals surface area contributed by atoms with Crippen LogP contribution in [0.4, 0.5) is 0 Å². The Morgan fingerprint density at radius 1 is 1.10 bits per heavy atom. The van der Waals surface area contributed by atoms with Gasteiger partial charge in [-0.15, -0.1) is 0 Å². The minimum Gasteiger partial charge on any atom is -0.340 e. The molecule has 0 aliphatic heterocycles. The molecule has 0 unspecified atom stereocenters. The first-order chi connectivity index (χ1) is 9.72. The van der Waals surface area contributed by atoms with E-state index >= 15 is 0 Å². The molecule has 0 aliphatic rings. The maximum atomic E-state index is 11.3. The SMILES string of the molecule is Cc1c(C=O)c2ccccc2n1Cc1ccccc1Cl. The number of para-hydroxylation sites is 1. The Kier molecular flexibility index (Phi) is 3.33. The van der Waals surface area contributed by atoms with Crippen LogP contribution >= 0.6 is 11.6 Å². The van der Waals surface area contributed by atoms with Gasteiger partial charge in [-0.2, -0.15) is 0 Å². The van der Waals surface area contributed by atoms with E-state index in [0.29, 0.717) is 6.54 Å². The molecule has 3 aromatic rings. The van der Waals surface area contributed by atoms with Crippen molar-refractivity contribution in [2.45, 2.75) is 13.5 Å². The smallest absolute Gasteiger partial charge is 0.152 e. The number of carbonyl (C=O) groups is 1. The second-order valence-corrected chi connectivity index (χ2v) is 5.22. The van der Waals surface area contributed by atoms with Crippen LogP contribution in [0.2, 0.25) is 5.02 Å². The predicted octanol–water partition coefficient (Wildman–Crippen LogP) is 4.46. The van der Waals surface area contributed by atoms with Gasteiger partial charge in [0.05, 0.1) is 0 Å². The van der Waals surface area contributed by atoms with Crippen molar-refractivity contribution in [3.8, 4) is 0 Å². The zero-order valence-corrected chi connectivity index (χ0v) is 11.9. The molecule has 20 heavy (non-hydrogen) atoms. The van der Waals surface area contributed by atoms with Gasteiger partial charge in [0.2, 0.25) is 0 Å². The highest BCUT2D eigenvalue weighted by atomic mass is 35.5. The fourth-order valence-corrected chi connectivity index (χ4v) is 2.80. The maximum Gasteiger partial charge on any atom is 0.152 e. The van der Waals surface area contributed by atoms with Crippen molar-refractivity contribution in [2.24, 2.45) is 0 Å². The van der Waals surface area contributed by atoms with Crippen LogP contribution in [0.1, 0.15) is 21.6 Å². The zero-order valence-electron chi connectivity index (χ0n) is 11.1. The number of nitrogens with zero attached hydrogens (tertiary/aromatic N) is 1. The van der Waals surface area contributed by atoms with Gasteiger partial charge in [-0.1, -0.05) is 48.0 Å². The van der Waals surface area contributed by atoms with Gasteiger partial charge in [0.25, 0.3) is 0 Å². The van der Waals surface area contributed by atoms with Crippen LogP contribution in [-0.4, -0.2) is 10.9 Å². The van der Waals surface area contributed by atoms with E-state index in [0.717, 1.165) is 39.0 Å². The lowest BCUT2D eigenvalue weighted by molar-refractivity contribution is 0.112. The molecule has 100 valence electrons. The molecule has 0 aliphatic carbocycles. The highest BCUT2D eigenvalue weighted by molar-refractivity contribution is 6.31. The molecule has 0 amide bonds. The van der Waals surface area contributed by atoms with Gasteiger partial charge in [-0.05, 0) is 24.6 Å². The third kappa shape index (κ3) is 2.02. The van der Waals surface area contributed by atoms with Gasteiger partial charge in [0, 0.05) is 33.7 Å². The molecule has 0 fully saturated rings. The average Bonchev–Trinajstić information content (AvgIpc) is 2.74. The first-order valence-corrected chi connectivity index (χ1v) is 6.86. The summed E-state index contributed by atoms with van der Waals surface area (Å²) in [6.07, 6.45) is 0.931. The molecule has 1 aromatic heterocycles. The zero-order chi connectivity index (χ0) is 14.1. The monoisotopic (exact) mass is 283 g/mol. The summed E-state index contributed by atoms with van der Waals surface area (Å²) < 4.78 is 2.14. The van der Waals surface area contributed by atoms with Gasteiger partial charge in [-0.25, -0.2) is 0 Å². The molecule has 0 spiro atoms. The Labute approximate surface area is 122 Å². The van der Waals surface area contributed by atoms with E-state index in [9.17, 15) is 4.79 Å². The minimum absolute atomic E-state index is 0.667. The topological polar surface area (TPSA) is 22.0 Å². The number of carbonyl (C=O) groups excluding carboxylic acids is 1. The molecule has 0 bridgehead atoms. The van der Waals surface area contributed by atoms with Crippen molar-refractivity contribution in [1.29, 1.82) is 0 Å². The van der Waals surface area contributed by atoms with E-state index in [1.807, 2.05) is 55.5 Å². The van der Waals surface area contributed by atoms with Crippen molar-refractivity contribution in [1.82, 2.24) is 4.57 Å². The van der Waals surface area contributed by atoms with Crippen molar-refractivity contribution in [2.75, 3.05) is 0 Å². The van der Waals surface area contributed by atoms with Gasteiger partial charge in [0.15, 0.2) is 6.29 Å². The number of hydrogen-bond donors (Lipinski definition) is 0. The molecular formula is C17H14ClNO. The normalized spacial score (nSPS) is 10.9. The number of aromatic nitrogens is 1. The van der Waals surface area contributed by atoms with E-state index < -0.39 is 0 Å². The molecule has 0 saturated heterocycles. The Morgan fingerprint density at radius 3 is 2.55 bits per heavy atom. The first kappa shape index (κ1) is 12.9. The summed E-state index contributed by atoms with van der Waals surface area (Å²) >= 11 is 6.24. The lowest BCUT2D eigenvalue weighted by Gasteiger charge is -2.10. The van der Waals surface area contributed by atoms with Crippen LogP contribution < -0.4 is 0 Å². The van der Waals surface area contributed by atoms with E-state index in [2.05, 4.69) is 4.57 Å². The Balaban J connectivity index is 2.19. The van der Waals surface area contributed by atoms with Crippen LogP contribution in [-0.2, 0) is 6.54 Å². The number of benzene rings is 2. The van der Waals surface area contributed by atoms with Gasteiger partial charge in [0.1, 0.15) is 0 Å². The van der Waals surface area contributed by atoms with Crippen LogP contribution in [0.3, 0.4) is 0 Å². The van der Waals surface area contributed by atoms with E-state index in [1.54, 1.807) is 0 Å². The van der Waals surface area contributed by atoms with Gasteiger partial charge < -0.3 is 4.57 Å². The number of hydrogen-bond acceptors (Lipinski definition) is 1. The van der Waals surface area contributed by atoms with Crippen LogP contribution in [0.25, 0.3) is 10.9 Å². The summed E-state index contributed by atoms with van der Waals surface area (Å²) in [4.78, 5) is 11.3. The lowest BCUT2D eigenvalue weighted by atomic mass is 10.1. The van der Waals surface area contributed by atoms with Crippen molar-refractivity contribution in [3.05, 3.63) is 70.4 Å². The number of aldehydes is 1. The van der Waals surface area contributed by atoms with Crippen molar-refractivity contribution in [3.63, 3.8) is 0 Å². The molecule has 2 aromatic carbocycles. The lowest BCUT2D eigenvalue weighted by Crippen LogP contribution is -2.02. The molecule has 2 nitrogen and oxygen atoms in total.